The van der Waals surface area contributed by atoms with E-state index in [1.807, 2.05) is 0 Å². The van der Waals surface area contributed by atoms with E-state index >= 15 is 0 Å². The van der Waals surface area contributed by atoms with Gasteiger partial charge in [0.1, 0.15) is 0 Å². The van der Waals surface area contributed by atoms with E-state index in [4.69, 9.17) is 4.99 Å². The Hall–Kier alpha value is -0.630. The number of allylic oxidation sites excluding steroid dienone is 1. The van der Waals surface area contributed by atoms with Crippen LogP contribution in [-0.2, 0) is 0 Å². The maximum absolute atomic E-state index is 4.90. The minimum absolute atomic E-state index is 0.188. The van der Waals surface area contributed by atoms with Gasteiger partial charge in [-0.25, -0.2) is 0 Å². The molecule has 0 heterocycles. The van der Waals surface area contributed by atoms with E-state index in [1.165, 1.54) is 11.3 Å². The highest BCUT2D eigenvalue weighted by atomic mass is 14.9. The second-order valence-electron chi connectivity index (χ2n) is 6.65. The summed E-state index contributed by atoms with van der Waals surface area (Å²) in [5.41, 5.74) is 2.86. The van der Waals surface area contributed by atoms with Gasteiger partial charge >= 0.3 is 0 Å². The Morgan fingerprint density at radius 2 is 1.79 bits per heavy atom. The SMILES string of the molecule is C/C=C(CCNC(C)(C)C)\C(CC)=N/C(C)C(C)C. The zero-order valence-corrected chi connectivity index (χ0v) is 14.3. The Morgan fingerprint density at radius 3 is 2.16 bits per heavy atom. The van der Waals surface area contributed by atoms with Crippen LogP contribution in [0, 0.1) is 5.92 Å². The van der Waals surface area contributed by atoms with E-state index in [-0.39, 0.29) is 5.54 Å². The number of hydrogen-bond donors (Lipinski definition) is 1. The molecule has 0 bridgehead atoms. The van der Waals surface area contributed by atoms with Crippen molar-refractivity contribution in [2.45, 2.75) is 79.8 Å². The summed E-state index contributed by atoms with van der Waals surface area (Å²) < 4.78 is 0. The molecule has 0 amide bonds. The van der Waals surface area contributed by atoms with Gasteiger partial charge in [-0.05, 0) is 65.5 Å². The molecule has 2 heteroatoms. The molecule has 0 aliphatic heterocycles. The summed E-state index contributed by atoms with van der Waals surface area (Å²) >= 11 is 0. The molecule has 19 heavy (non-hydrogen) atoms. The summed E-state index contributed by atoms with van der Waals surface area (Å²) in [4.78, 5) is 4.90. The standard InChI is InChI=1S/C17H34N2/c1-9-15(11-12-18-17(6,7)8)16(10-2)19-14(5)13(3)4/h9,13-14,18H,10-12H2,1-8H3/b15-9-,19-16-. The molecule has 0 aliphatic rings. The quantitative estimate of drug-likeness (QED) is 0.669. The molecular weight excluding hydrogens is 232 g/mol. The van der Waals surface area contributed by atoms with Gasteiger partial charge in [0, 0.05) is 17.3 Å². The van der Waals surface area contributed by atoms with E-state index in [9.17, 15) is 0 Å². The van der Waals surface area contributed by atoms with E-state index in [0.717, 1.165) is 19.4 Å². The van der Waals surface area contributed by atoms with Gasteiger partial charge in [0.25, 0.3) is 0 Å². The van der Waals surface area contributed by atoms with E-state index < -0.39 is 0 Å². The molecule has 0 saturated heterocycles. The first-order valence-electron chi connectivity index (χ1n) is 7.68. The van der Waals surface area contributed by atoms with Crippen LogP contribution in [-0.4, -0.2) is 23.8 Å². The van der Waals surface area contributed by atoms with Crippen LogP contribution in [0.5, 0.6) is 0 Å². The fourth-order valence-corrected chi connectivity index (χ4v) is 1.82. The molecule has 0 rings (SSSR count). The van der Waals surface area contributed by atoms with Crippen LogP contribution in [0.2, 0.25) is 0 Å². The number of hydrogen-bond acceptors (Lipinski definition) is 2. The lowest BCUT2D eigenvalue weighted by molar-refractivity contribution is 0.430. The molecule has 0 aromatic rings. The highest BCUT2D eigenvalue weighted by Gasteiger charge is 2.12. The van der Waals surface area contributed by atoms with Crippen molar-refractivity contribution in [3.8, 4) is 0 Å². The average molecular weight is 266 g/mol. The van der Waals surface area contributed by atoms with Gasteiger partial charge in [0.05, 0.1) is 0 Å². The second kappa shape index (κ2) is 8.52. The molecule has 0 radical (unpaired) electrons. The van der Waals surface area contributed by atoms with Gasteiger partial charge in [-0.3, -0.25) is 4.99 Å². The molecule has 112 valence electrons. The Bertz CT molecular complexity index is 306. The predicted octanol–water partition coefficient (Wildman–Crippen LogP) is 4.61. The van der Waals surface area contributed by atoms with Crippen LogP contribution in [0.25, 0.3) is 0 Å². The van der Waals surface area contributed by atoms with Gasteiger partial charge in [0.2, 0.25) is 0 Å². The van der Waals surface area contributed by atoms with Crippen molar-refractivity contribution in [1.29, 1.82) is 0 Å². The summed E-state index contributed by atoms with van der Waals surface area (Å²) in [6, 6.07) is 0.403. The van der Waals surface area contributed by atoms with E-state index in [0.29, 0.717) is 12.0 Å². The van der Waals surface area contributed by atoms with Crippen LogP contribution < -0.4 is 5.32 Å². The zero-order valence-electron chi connectivity index (χ0n) is 14.3. The van der Waals surface area contributed by atoms with Crippen LogP contribution in [0.3, 0.4) is 0 Å². The zero-order chi connectivity index (χ0) is 15.1. The first-order valence-corrected chi connectivity index (χ1v) is 7.68. The lowest BCUT2D eigenvalue weighted by atomic mass is 10.0. The lowest BCUT2D eigenvalue weighted by Gasteiger charge is -2.21. The number of rotatable bonds is 7. The molecule has 1 unspecified atom stereocenters. The topological polar surface area (TPSA) is 24.4 Å². The minimum atomic E-state index is 0.188. The smallest absolute Gasteiger partial charge is 0.0497 e. The van der Waals surface area contributed by atoms with Crippen molar-refractivity contribution in [3.63, 3.8) is 0 Å². The van der Waals surface area contributed by atoms with Gasteiger partial charge in [0.15, 0.2) is 0 Å². The average Bonchev–Trinajstić information content (AvgIpc) is 2.30. The molecule has 2 nitrogen and oxygen atoms in total. The lowest BCUT2D eigenvalue weighted by Crippen LogP contribution is -2.36. The Balaban J connectivity index is 4.64. The van der Waals surface area contributed by atoms with Crippen molar-refractivity contribution in [3.05, 3.63) is 11.6 Å². The third kappa shape index (κ3) is 8.20. The molecule has 0 saturated carbocycles. The van der Waals surface area contributed by atoms with Gasteiger partial charge in [-0.15, -0.1) is 0 Å². The molecular formula is C17H34N2. The predicted molar refractivity (Wildman–Crippen MR) is 88.2 cm³/mol. The third-order valence-electron chi connectivity index (χ3n) is 3.43. The Morgan fingerprint density at radius 1 is 1.21 bits per heavy atom. The summed E-state index contributed by atoms with van der Waals surface area (Å²) in [5.74, 6) is 0.604. The fraction of sp³-hybridized carbons (Fsp3) is 0.824. The van der Waals surface area contributed by atoms with Crippen molar-refractivity contribution in [1.82, 2.24) is 5.32 Å². The number of nitrogens with one attached hydrogen (secondary N) is 1. The van der Waals surface area contributed by atoms with Crippen LogP contribution in [0.4, 0.5) is 0 Å². The maximum Gasteiger partial charge on any atom is 0.0497 e. The van der Waals surface area contributed by atoms with Crippen molar-refractivity contribution in [2.75, 3.05) is 6.54 Å². The fourth-order valence-electron chi connectivity index (χ4n) is 1.82. The first-order chi connectivity index (χ1) is 8.71. The molecule has 0 spiro atoms. The number of nitrogens with zero attached hydrogens (tertiary/aromatic N) is 1. The Labute approximate surface area is 120 Å². The van der Waals surface area contributed by atoms with Gasteiger partial charge < -0.3 is 5.32 Å². The van der Waals surface area contributed by atoms with E-state index in [1.54, 1.807) is 0 Å². The van der Waals surface area contributed by atoms with E-state index in [2.05, 4.69) is 66.8 Å². The largest absolute Gasteiger partial charge is 0.312 e. The monoisotopic (exact) mass is 266 g/mol. The highest BCUT2D eigenvalue weighted by Crippen LogP contribution is 2.13. The van der Waals surface area contributed by atoms with Crippen LogP contribution in [0.1, 0.15) is 68.2 Å². The van der Waals surface area contributed by atoms with Crippen molar-refractivity contribution in [2.24, 2.45) is 10.9 Å². The van der Waals surface area contributed by atoms with Gasteiger partial charge in [-0.1, -0.05) is 26.8 Å². The molecule has 0 aliphatic carbocycles. The summed E-state index contributed by atoms with van der Waals surface area (Å²) in [6.45, 7) is 18.6. The summed E-state index contributed by atoms with van der Waals surface area (Å²) in [7, 11) is 0. The maximum atomic E-state index is 4.90. The van der Waals surface area contributed by atoms with Crippen LogP contribution in [0.15, 0.2) is 16.6 Å². The normalized spacial score (nSPS) is 16.1. The van der Waals surface area contributed by atoms with Gasteiger partial charge in [-0.2, -0.15) is 0 Å². The molecule has 1 atom stereocenters. The number of aliphatic imine (C=N–C) groups is 1. The molecule has 0 aromatic heterocycles. The molecule has 1 N–H and O–H groups in total. The Kier molecular flexibility index (Phi) is 8.24. The van der Waals surface area contributed by atoms with Crippen molar-refractivity contribution < 1.29 is 0 Å². The molecule has 0 fully saturated rings. The molecule has 0 aromatic carbocycles. The summed E-state index contributed by atoms with van der Waals surface area (Å²) in [5, 5.41) is 3.55. The second-order valence-corrected chi connectivity index (χ2v) is 6.65. The third-order valence-corrected chi connectivity index (χ3v) is 3.43. The highest BCUT2D eigenvalue weighted by molar-refractivity contribution is 6.00. The van der Waals surface area contributed by atoms with Crippen LogP contribution >= 0.6 is 0 Å². The van der Waals surface area contributed by atoms with Crippen molar-refractivity contribution >= 4 is 5.71 Å². The first kappa shape index (κ1) is 18.4. The minimum Gasteiger partial charge on any atom is -0.312 e. The summed E-state index contributed by atoms with van der Waals surface area (Å²) in [6.07, 6.45) is 4.30.